The lowest BCUT2D eigenvalue weighted by Crippen LogP contribution is -2.15. The molecule has 1 atom stereocenters. The van der Waals surface area contributed by atoms with Crippen molar-refractivity contribution >= 4 is 0 Å². The van der Waals surface area contributed by atoms with Crippen molar-refractivity contribution in [2.24, 2.45) is 5.92 Å². The fraction of sp³-hybridized carbons (Fsp3) is 0.500. The summed E-state index contributed by atoms with van der Waals surface area (Å²) in [5, 5.41) is 0. The van der Waals surface area contributed by atoms with E-state index in [0.717, 1.165) is 36.5 Å². The first-order valence-electron chi connectivity index (χ1n) is 11.8. The molecule has 1 unspecified atom stereocenters. The average Bonchev–Trinajstić information content (AvgIpc) is 2.79. The van der Waals surface area contributed by atoms with Crippen molar-refractivity contribution in [3.63, 3.8) is 0 Å². The number of benzene rings is 2. The van der Waals surface area contributed by atoms with Crippen molar-refractivity contribution in [3.8, 4) is 5.75 Å². The van der Waals surface area contributed by atoms with Crippen LogP contribution >= 0.6 is 0 Å². The van der Waals surface area contributed by atoms with E-state index in [0.29, 0.717) is 12.5 Å². The van der Waals surface area contributed by atoms with Crippen LogP contribution in [0.4, 0.5) is 4.39 Å². The highest BCUT2D eigenvalue weighted by Crippen LogP contribution is 2.39. The molecule has 0 aliphatic heterocycles. The Hall–Kier alpha value is -2.09. The number of aryl methyl sites for hydroxylation is 1. The normalized spacial score (nSPS) is 24.0. The molecular formula is C28H35FO. The summed E-state index contributed by atoms with van der Waals surface area (Å²) < 4.78 is 20.9. The minimum Gasteiger partial charge on any atom is -0.490 e. The molecule has 2 aromatic rings. The van der Waals surface area contributed by atoms with Crippen LogP contribution in [0.3, 0.4) is 0 Å². The Morgan fingerprint density at radius 2 is 1.80 bits per heavy atom. The van der Waals surface area contributed by atoms with Gasteiger partial charge in [-0.3, -0.25) is 0 Å². The summed E-state index contributed by atoms with van der Waals surface area (Å²) in [5.41, 5.74) is 4.81. The highest BCUT2D eigenvalue weighted by Gasteiger charge is 2.25. The third kappa shape index (κ3) is 4.79. The van der Waals surface area contributed by atoms with Crippen molar-refractivity contribution in [1.29, 1.82) is 0 Å². The van der Waals surface area contributed by atoms with E-state index in [9.17, 15) is 0 Å². The van der Waals surface area contributed by atoms with Crippen LogP contribution in [0, 0.1) is 11.7 Å². The van der Waals surface area contributed by atoms with Gasteiger partial charge in [0.25, 0.3) is 0 Å². The van der Waals surface area contributed by atoms with Gasteiger partial charge in [0.2, 0.25) is 0 Å². The molecule has 1 saturated carbocycles. The predicted molar refractivity (Wildman–Crippen MR) is 123 cm³/mol. The highest BCUT2D eigenvalue weighted by atomic mass is 19.1. The molecular weight excluding hydrogens is 371 g/mol. The summed E-state index contributed by atoms with van der Waals surface area (Å²) in [6.07, 6.45) is 13.2. The van der Waals surface area contributed by atoms with E-state index in [1.54, 1.807) is 0 Å². The zero-order valence-corrected chi connectivity index (χ0v) is 18.5. The van der Waals surface area contributed by atoms with Crippen molar-refractivity contribution in [1.82, 2.24) is 0 Å². The van der Waals surface area contributed by atoms with Crippen LogP contribution in [0.5, 0.6) is 5.75 Å². The van der Waals surface area contributed by atoms with E-state index in [-0.39, 0.29) is 11.7 Å². The van der Waals surface area contributed by atoms with Gasteiger partial charge in [0, 0.05) is 0 Å². The van der Waals surface area contributed by atoms with E-state index in [1.807, 2.05) is 25.1 Å². The van der Waals surface area contributed by atoms with E-state index in [4.69, 9.17) is 4.74 Å². The maximum absolute atomic E-state index is 15.1. The molecule has 30 heavy (non-hydrogen) atoms. The summed E-state index contributed by atoms with van der Waals surface area (Å²) in [5.74, 6) is 2.63. The van der Waals surface area contributed by atoms with E-state index in [1.165, 1.54) is 48.8 Å². The lowest BCUT2D eigenvalue weighted by atomic mass is 9.76. The second kappa shape index (κ2) is 9.81. The molecule has 2 aromatic carbocycles. The zero-order valence-electron chi connectivity index (χ0n) is 18.5. The van der Waals surface area contributed by atoms with Crippen molar-refractivity contribution in [2.45, 2.75) is 77.0 Å². The number of halogens is 1. The lowest BCUT2D eigenvalue weighted by Gasteiger charge is -2.29. The van der Waals surface area contributed by atoms with Crippen LogP contribution in [-0.4, -0.2) is 6.61 Å². The Morgan fingerprint density at radius 1 is 0.967 bits per heavy atom. The van der Waals surface area contributed by atoms with Gasteiger partial charge < -0.3 is 4.74 Å². The van der Waals surface area contributed by atoms with Crippen LogP contribution in [0.25, 0.3) is 0 Å². The summed E-state index contributed by atoms with van der Waals surface area (Å²) in [6.45, 7) is 4.90. The van der Waals surface area contributed by atoms with Crippen molar-refractivity contribution < 1.29 is 9.13 Å². The fourth-order valence-electron chi connectivity index (χ4n) is 5.36. The molecule has 160 valence electrons. The number of ether oxygens (including phenoxy) is 1. The lowest BCUT2D eigenvalue weighted by molar-refractivity contribution is 0.318. The topological polar surface area (TPSA) is 9.23 Å². The second-order valence-corrected chi connectivity index (χ2v) is 9.16. The van der Waals surface area contributed by atoms with Gasteiger partial charge >= 0.3 is 0 Å². The largest absolute Gasteiger partial charge is 0.490 e. The first-order valence-corrected chi connectivity index (χ1v) is 11.8. The van der Waals surface area contributed by atoms with E-state index < -0.39 is 0 Å². The van der Waals surface area contributed by atoms with Crippen molar-refractivity contribution in [3.05, 3.63) is 76.6 Å². The Kier molecular flexibility index (Phi) is 6.92. The van der Waals surface area contributed by atoms with Gasteiger partial charge in [-0.2, -0.15) is 0 Å². The molecule has 2 aliphatic carbocycles. The number of hydrogen-bond acceptors (Lipinski definition) is 1. The minimum absolute atomic E-state index is 0.00451. The van der Waals surface area contributed by atoms with Gasteiger partial charge in [-0.15, -0.1) is 0 Å². The summed E-state index contributed by atoms with van der Waals surface area (Å²) in [7, 11) is 0. The maximum atomic E-state index is 15.1. The third-order valence-corrected chi connectivity index (χ3v) is 7.35. The molecule has 0 bridgehead atoms. The van der Waals surface area contributed by atoms with E-state index in [2.05, 4.69) is 37.3 Å². The smallest absolute Gasteiger partial charge is 0.126 e. The zero-order chi connectivity index (χ0) is 20.9. The maximum Gasteiger partial charge on any atom is 0.126 e. The molecule has 1 fully saturated rings. The number of fused-ring (bicyclic) bond motifs is 1. The van der Waals surface area contributed by atoms with Crippen LogP contribution in [0.1, 0.15) is 86.5 Å². The number of allylic oxidation sites excluding steroid dienone is 1. The Labute approximate surface area is 181 Å². The van der Waals surface area contributed by atoms with Gasteiger partial charge in [0.1, 0.15) is 18.2 Å². The van der Waals surface area contributed by atoms with Gasteiger partial charge in [-0.25, -0.2) is 4.39 Å². The van der Waals surface area contributed by atoms with Gasteiger partial charge in [-0.05, 0) is 110 Å². The molecule has 4 rings (SSSR count). The molecule has 0 N–H and O–H groups in total. The van der Waals surface area contributed by atoms with Gasteiger partial charge in [0.15, 0.2) is 0 Å². The summed E-state index contributed by atoms with van der Waals surface area (Å²) in [4.78, 5) is 0. The Bertz CT molecular complexity index is 876. The average molecular weight is 407 g/mol. The molecule has 1 nitrogen and oxygen atoms in total. The standard InChI is InChI=1S/C28H35FO/c1-3-5-16-30-26-14-12-22-17-25(11-10-23(22)18-26)27-15-13-24(19-28(27)29)21-8-6-20(4-2)7-9-21/h3,5,12-15,18-21,25H,4,6-11,16-17H2,1-2H3. The molecule has 0 heterocycles. The molecule has 0 amide bonds. The molecule has 0 spiro atoms. The first-order chi connectivity index (χ1) is 14.7. The third-order valence-electron chi connectivity index (χ3n) is 7.35. The summed E-state index contributed by atoms with van der Waals surface area (Å²) >= 11 is 0. The highest BCUT2D eigenvalue weighted by molar-refractivity contribution is 5.40. The first kappa shape index (κ1) is 21.2. The molecule has 0 saturated heterocycles. The van der Waals surface area contributed by atoms with Crippen LogP contribution in [0.15, 0.2) is 48.6 Å². The Morgan fingerprint density at radius 3 is 2.53 bits per heavy atom. The van der Waals surface area contributed by atoms with Crippen molar-refractivity contribution in [2.75, 3.05) is 6.61 Å². The SMILES string of the molecule is CC=CCOc1ccc2c(c1)CCC(c1ccc(C3CCC(CC)CC3)cc1F)C2. The van der Waals surface area contributed by atoms with Crippen LogP contribution < -0.4 is 4.74 Å². The molecule has 0 aromatic heterocycles. The fourth-order valence-corrected chi connectivity index (χ4v) is 5.36. The molecule has 2 aliphatic rings. The van der Waals surface area contributed by atoms with Crippen LogP contribution in [-0.2, 0) is 12.8 Å². The number of rotatable bonds is 6. The number of hydrogen-bond donors (Lipinski definition) is 0. The minimum atomic E-state index is 0.00451. The molecule has 2 heteroatoms. The van der Waals surface area contributed by atoms with Gasteiger partial charge in [-0.1, -0.05) is 43.7 Å². The quantitative estimate of drug-likeness (QED) is 0.446. The monoisotopic (exact) mass is 406 g/mol. The summed E-state index contributed by atoms with van der Waals surface area (Å²) in [6, 6.07) is 12.5. The van der Waals surface area contributed by atoms with Crippen LogP contribution in [0.2, 0.25) is 0 Å². The second-order valence-electron chi connectivity index (χ2n) is 9.16. The molecule has 0 radical (unpaired) electrons. The van der Waals surface area contributed by atoms with Gasteiger partial charge in [0.05, 0.1) is 0 Å². The Balaban J connectivity index is 1.43. The van der Waals surface area contributed by atoms with E-state index >= 15 is 4.39 Å². The predicted octanol–water partition coefficient (Wildman–Crippen LogP) is 7.74.